The van der Waals surface area contributed by atoms with Crippen molar-refractivity contribution in [3.05, 3.63) is 52.4 Å². The highest BCUT2D eigenvalue weighted by atomic mass is 79.9. The Hall–Kier alpha value is -1.59. The largest absolute Gasteiger partial charge is 0.465 e. The first-order chi connectivity index (χ1) is 9.54. The molecule has 0 aliphatic heterocycles. The van der Waals surface area contributed by atoms with Gasteiger partial charge in [-0.25, -0.2) is 0 Å². The van der Waals surface area contributed by atoms with Gasteiger partial charge in [0.2, 0.25) is 5.91 Å². The van der Waals surface area contributed by atoms with Crippen molar-refractivity contribution >= 4 is 27.5 Å². The van der Waals surface area contributed by atoms with Crippen molar-refractivity contribution in [2.45, 2.75) is 13.5 Å². The number of nitrogens with one attached hydrogen (secondary N) is 1. The normalized spacial score (nSPS) is 10.8. The summed E-state index contributed by atoms with van der Waals surface area (Å²) in [7, 11) is 1.89. The predicted molar refractivity (Wildman–Crippen MR) is 82.6 cm³/mol. The van der Waals surface area contributed by atoms with Crippen LogP contribution in [-0.2, 0) is 11.3 Å². The molecule has 0 saturated carbocycles. The van der Waals surface area contributed by atoms with Gasteiger partial charge in [-0.05, 0) is 54.2 Å². The van der Waals surface area contributed by atoms with E-state index >= 15 is 0 Å². The predicted octanol–water partition coefficient (Wildman–Crippen LogP) is 3.42. The maximum atomic E-state index is 12.0. The molecule has 0 radical (unpaired) electrons. The minimum Gasteiger partial charge on any atom is -0.465 e. The fraction of sp³-hybridized carbons (Fsp3) is 0.267. The summed E-state index contributed by atoms with van der Waals surface area (Å²) in [5.74, 6) is 1.69. The molecule has 0 fully saturated rings. The standard InChI is InChI=1S/C15H17BrN2O2/c1-11-7-8-12(20-11)9-18(2)10-15(19)17-14-6-4-3-5-13(14)16/h3-8H,9-10H2,1-2H3,(H,17,19). The van der Waals surface area contributed by atoms with E-state index in [1.165, 1.54) is 0 Å². The molecule has 20 heavy (non-hydrogen) atoms. The molecule has 1 aromatic carbocycles. The van der Waals surface area contributed by atoms with E-state index in [1.54, 1.807) is 0 Å². The zero-order valence-corrected chi connectivity index (χ0v) is 13.1. The average molecular weight is 337 g/mol. The van der Waals surface area contributed by atoms with E-state index in [-0.39, 0.29) is 5.91 Å². The summed E-state index contributed by atoms with van der Waals surface area (Å²) in [6.07, 6.45) is 0. The molecular formula is C15H17BrN2O2. The van der Waals surface area contributed by atoms with E-state index in [1.807, 2.05) is 55.3 Å². The van der Waals surface area contributed by atoms with Crippen molar-refractivity contribution in [3.63, 3.8) is 0 Å². The zero-order chi connectivity index (χ0) is 14.5. The molecule has 1 N–H and O–H groups in total. The number of amides is 1. The molecule has 5 heteroatoms. The number of nitrogens with zero attached hydrogens (tertiary/aromatic N) is 1. The maximum absolute atomic E-state index is 12.0. The van der Waals surface area contributed by atoms with E-state index in [0.29, 0.717) is 13.1 Å². The van der Waals surface area contributed by atoms with Crippen molar-refractivity contribution in [2.24, 2.45) is 0 Å². The zero-order valence-electron chi connectivity index (χ0n) is 11.5. The van der Waals surface area contributed by atoms with Crippen LogP contribution in [0.5, 0.6) is 0 Å². The minimum atomic E-state index is -0.0531. The summed E-state index contributed by atoms with van der Waals surface area (Å²) < 4.78 is 6.37. The number of para-hydroxylation sites is 1. The third-order valence-electron chi connectivity index (χ3n) is 2.78. The first kappa shape index (κ1) is 14.8. The lowest BCUT2D eigenvalue weighted by atomic mass is 10.3. The fourth-order valence-electron chi connectivity index (χ4n) is 1.89. The second kappa shape index (κ2) is 6.72. The SMILES string of the molecule is Cc1ccc(CN(C)CC(=O)Nc2ccccc2Br)o1. The number of carbonyl (C=O) groups is 1. The van der Waals surface area contributed by atoms with Gasteiger partial charge in [0, 0.05) is 4.47 Å². The summed E-state index contributed by atoms with van der Waals surface area (Å²) >= 11 is 3.40. The van der Waals surface area contributed by atoms with E-state index in [0.717, 1.165) is 21.7 Å². The topological polar surface area (TPSA) is 45.5 Å². The highest BCUT2D eigenvalue weighted by molar-refractivity contribution is 9.10. The van der Waals surface area contributed by atoms with Crippen LogP contribution in [0.1, 0.15) is 11.5 Å². The number of hydrogen-bond donors (Lipinski definition) is 1. The summed E-state index contributed by atoms with van der Waals surface area (Å²) in [5.41, 5.74) is 0.778. The number of furan rings is 1. The Labute approximate surface area is 126 Å². The van der Waals surface area contributed by atoms with Crippen LogP contribution in [0.15, 0.2) is 45.3 Å². The second-order valence-electron chi connectivity index (χ2n) is 4.71. The van der Waals surface area contributed by atoms with Crippen molar-refractivity contribution in [2.75, 3.05) is 18.9 Å². The maximum Gasteiger partial charge on any atom is 0.238 e. The fourth-order valence-corrected chi connectivity index (χ4v) is 2.27. The average Bonchev–Trinajstić information content (AvgIpc) is 2.77. The Morgan fingerprint density at radius 3 is 2.70 bits per heavy atom. The monoisotopic (exact) mass is 336 g/mol. The molecule has 0 saturated heterocycles. The minimum absolute atomic E-state index is 0.0531. The highest BCUT2D eigenvalue weighted by Gasteiger charge is 2.10. The Morgan fingerprint density at radius 2 is 2.05 bits per heavy atom. The van der Waals surface area contributed by atoms with Gasteiger partial charge >= 0.3 is 0 Å². The summed E-state index contributed by atoms with van der Waals surface area (Å²) in [5, 5.41) is 2.87. The van der Waals surface area contributed by atoms with E-state index in [9.17, 15) is 4.79 Å². The molecular weight excluding hydrogens is 320 g/mol. The lowest BCUT2D eigenvalue weighted by Gasteiger charge is -2.15. The van der Waals surface area contributed by atoms with Crippen LogP contribution in [0.4, 0.5) is 5.69 Å². The van der Waals surface area contributed by atoms with Crippen molar-refractivity contribution in [1.82, 2.24) is 4.90 Å². The van der Waals surface area contributed by atoms with Gasteiger partial charge in [0.05, 0.1) is 18.8 Å². The van der Waals surface area contributed by atoms with Crippen LogP contribution in [-0.4, -0.2) is 24.4 Å². The Kier molecular flexibility index (Phi) is 4.98. The van der Waals surface area contributed by atoms with Crippen molar-refractivity contribution in [3.8, 4) is 0 Å². The molecule has 0 bridgehead atoms. The van der Waals surface area contributed by atoms with E-state index in [2.05, 4.69) is 21.2 Å². The van der Waals surface area contributed by atoms with Crippen LogP contribution in [0.2, 0.25) is 0 Å². The number of halogens is 1. The number of likely N-dealkylation sites (N-methyl/N-ethyl adjacent to an activating group) is 1. The molecule has 4 nitrogen and oxygen atoms in total. The van der Waals surface area contributed by atoms with Gasteiger partial charge in [-0.2, -0.15) is 0 Å². The molecule has 1 amide bonds. The van der Waals surface area contributed by atoms with E-state index < -0.39 is 0 Å². The van der Waals surface area contributed by atoms with Gasteiger partial charge < -0.3 is 9.73 Å². The van der Waals surface area contributed by atoms with Crippen LogP contribution in [0.3, 0.4) is 0 Å². The summed E-state index contributed by atoms with van der Waals surface area (Å²) in [6, 6.07) is 11.4. The molecule has 2 rings (SSSR count). The van der Waals surface area contributed by atoms with Gasteiger partial charge in [-0.3, -0.25) is 9.69 Å². The molecule has 106 valence electrons. The molecule has 2 aromatic rings. The van der Waals surface area contributed by atoms with Crippen LogP contribution >= 0.6 is 15.9 Å². The Balaban J connectivity index is 1.86. The number of rotatable bonds is 5. The number of carbonyl (C=O) groups excluding carboxylic acids is 1. The van der Waals surface area contributed by atoms with Crippen LogP contribution in [0, 0.1) is 6.92 Å². The van der Waals surface area contributed by atoms with Crippen LogP contribution in [0.25, 0.3) is 0 Å². The van der Waals surface area contributed by atoms with Gasteiger partial charge in [-0.15, -0.1) is 0 Å². The molecule has 0 unspecified atom stereocenters. The Bertz CT molecular complexity index is 595. The lowest BCUT2D eigenvalue weighted by molar-refractivity contribution is -0.117. The molecule has 1 aromatic heterocycles. The van der Waals surface area contributed by atoms with Gasteiger partial charge in [0.15, 0.2) is 0 Å². The lowest BCUT2D eigenvalue weighted by Crippen LogP contribution is -2.29. The van der Waals surface area contributed by atoms with Gasteiger partial charge in [-0.1, -0.05) is 12.1 Å². The first-order valence-corrected chi connectivity index (χ1v) is 7.12. The third-order valence-corrected chi connectivity index (χ3v) is 3.47. The quantitative estimate of drug-likeness (QED) is 0.909. The molecule has 0 atom stereocenters. The van der Waals surface area contributed by atoms with Crippen molar-refractivity contribution < 1.29 is 9.21 Å². The molecule has 0 aliphatic rings. The molecule has 1 heterocycles. The second-order valence-corrected chi connectivity index (χ2v) is 5.57. The molecule has 0 spiro atoms. The molecule has 0 aliphatic carbocycles. The van der Waals surface area contributed by atoms with E-state index in [4.69, 9.17) is 4.42 Å². The smallest absolute Gasteiger partial charge is 0.238 e. The van der Waals surface area contributed by atoms with Gasteiger partial charge in [0.1, 0.15) is 11.5 Å². The number of hydrogen-bond acceptors (Lipinski definition) is 3. The Morgan fingerprint density at radius 1 is 1.30 bits per heavy atom. The number of benzene rings is 1. The number of anilines is 1. The van der Waals surface area contributed by atoms with Crippen molar-refractivity contribution in [1.29, 1.82) is 0 Å². The summed E-state index contributed by atoms with van der Waals surface area (Å²) in [6.45, 7) is 2.82. The summed E-state index contributed by atoms with van der Waals surface area (Å²) in [4.78, 5) is 13.9. The highest BCUT2D eigenvalue weighted by Crippen LogP contribution is 2.21. The first-order valence-electron chi connectivity index (χ1n) is 6.33. The number of aryl methyl sites for hydroxylation is 1. The van der Waals surface area contributed by atoms with Gasteiger partial charge in [0.25, 0.3) is 0 Å². The van der Waals surface area contributed by atoms with Crippen LogP contribution < -0.4 is 5.32 Å². The third kappa shape index (κ3) is 4.21.